The predicted molar refractivity (Wildman–Crippen MR) is 66.8 cm³/mol. The lowest BCUT2D eigenvalue weighted by Gasteiger charge is -2.17. The van der Waals surface area contributed by atoms with Crippen LogP contribution in [0, 0.1) is 11.8 Å². The van der Waals surface area contributed by atoms with Crippen molar-refractivity contribution >= 4 is 7.28 Å². The first kappa shape index (κ1) is 10.6. The molecule has 0 saturated heterocycles. The number of hydrogen-bond acceptors (Lipinski definition) is 0. The largest absolute Gasteiger partial charge is 0.153 e. The molecule has 0 aromatic carbocycles. The minimum atomic E-state index is 0.629. The van der Waals surface area contributed by atoms with Gasteiger partial charge >= 0.3 is 0 Å². The second-order valence-corrected chi connectivity index (χ2v) is 4.43. The maximum absolute atomic E-state index is 3.15. The maximum atomic E-state index is 3.15. The molecular weight excluding hydrogens is 179 g/mol. The van der Waals surface area contributed by atoms with Crippen molar-refractivity contribution in [3.05, 3.63) is 23.7 Å². The first-order chi connectivity index (χ1) is 7.45. The molecule has 77 valence electrons. The molecule has 0 aliphatic heterocycles. The van der Waals surface area contributed by atoms with E-state index in [-0.39, 0.29) is 0 Å². The van der Waals surface area contributed by atoms with Gasteiger partial charge in [-0.05, 0) is 37.6 Å². The van der Waals surface area contributed by atoms with Gasteiger partial charge in [-0.2, -0.15) is 0 Å². The molecule has 0 nitrogen and oxygen atoms in total. The highest BCUT2D eigenvalue weighted by atomic mass is 14.0. The van der Waals surface area contributed by atoms with E-state index in [0.717, 1.165) is 6.42 Å². The molecule has 2 aliphatic carbocycles. The minimum Gasteiger partial charge on any atom is -0.112 e. The van der Waals surface area contributed by atoms with Gasteiger partial charge in [0.15, 0.2) is 7.28 Å². The molecule has 0 N–H and O–H groups in total. The first-order valence-corrected chi connectivity index (χ1v) is 6.14. The minimum absolute atomic E-state index is 0.629. The zero-order valence-electron chi connectivity index (χ0n) is 9.34. The Morgan fingerprint density at radius 2 is 2.27 bits per heavy atom. The summed E-state index contributed by atoms with van der Waals surface area (Å²) < 4.78 is 0. The number of hydrogen-bond donors (Lipinski definition) is 0. The van der Waals surface area contributed by atoms with Crippen LogP contribution in [0.3, 0.4) is 0 Å². The molecule has 0 spiro atoms. The van der Waals surface area contributed by atoms with E-state index in [1.165, 1.54) is 38.5 Å². The molecule has 0 aromatic heterocycles. The van der Waals surface area contributed by atoms with Gasteiger partial charge < -0.3 is 0 Å². The van der Waals surface area contributed by atoms with Gasteiger partial charge in [0, 0.05) is 6.42 Å². The van der Waals surface area contributed by atoms with Crippen molar-refractivity contribution in [1.82, 2.24) is 0 Å². The fourth-order valence-electron chi connectivity index (χ4n) is 2.25. The van der Waals surface area contributed by atoms with Gasteiger partial charge in [0.1, 0.15) is 0 Å². The van der Waals surface area contributed by atoms with Crippen LogP contribution < -0.4 is 0 Å². The fourth-order valence-corrected chi connectivity index (χ4v) is 2.25. The van der Waals surface area contributed by atoms with Gasteiger partial charge in [-0.3, -0.25) is 0 Å². The second-order valence-electron chi connectivity index (χ2n) is 4.43. The molecule has 2 rings (SSSR count). The van der Waals surface area contributed by atoms with Gasteiger partial charge in [0.2, 0.25) is 0 Å². The molecule has 0 fully saturated rings. The van der Waals surface area contributed by atoms with Crippen LogP contribution >= 0.6 is 0 Å². The predicted octanol–water partition coefficient (Wildman–Crippen LogP) is 3.68. The third-order valence-electron chi connectivity index (χ3n) is 3.12. The molecule has 0 unspecified atom stereocenters. The lowest BCUT2D eigenvalue weighted by molar-refractivity contribution is 0.714. The average molecular weight is 197 g/mol. The van der Waals surface area contributed by atoms with Crippen molar-refractivity contribution in [1.29, 1.82) is 0 Å². The van der Waals surface area contributed by atoms with Crippen molar-refractivity contribution in [2.45, 2.75) is 50.8 Å². The smallest absolute Gasteiger partial charge is 0.112 e. The normalized spacial score (nSPS) is 27.7. The Morgan fingerprint density at radius 1 is 1.27 bits per heavy atom. The van der Waals surface area contributed by atoms with Crippen LogP contribution in [0.2, 0.25) is 5.82 Å². The monoisotopic (exact) mass is 197 g/mol. The fraction of sp³-hybridized carbons (Fsp3) is 0.571. The van der Waals surface area contributed by atoms with Crippen LogP contribution in [0.15, 0.2) is 23.7 Å². The molecule has 0 amide bonds. The first-order valence-electron chi connectivity index (χ1n) is 6.14. The zero-order valence-corrected chi connectivity index (χ0v) is 9.34. The molecule has 15 heavy (non-hydrogen) atoms. The van der Waals surface area contributed by atoms with Gasteiger partial charge in [0.05, 0.1) is 0 Å². The summed E-state index contributed by atoms with van der Waals surface area (Å²) in [6.45, 7) is 0. The Morgan fingerprint density at radius 3 is 3.13 bits per heavy atom. The molecule has 0 saturated carbocycles. The topological polar surface area (TPSA) is 0 Å². The van der Waals surface area contributed by atoms with Crippen molar-refractivity contribution in [2.75, 3.05) is 0 Å². The Hall–Kier alpha value is -0.895. The van der Waals surface area contributed by atoms with Gasteiger partial charge in [0.25, 0.3) is 0 Å². The summed E-state index contributed by atoms with van der Waals surface area (Å²) in [6, 6.07) is 0. The van der Waals surface area contributed by atoms with Crippen molar-refractivity contribution < 1.29 is 0 Å². The van der Waals surface area contributed by atoms with Crippen LogP contribution in [0.5, 0.6) is 0 Å². The Bertz CT molecular complexity index is 314. The molecule has 1 atom stereocenters. The van der Waals surface area contributed by atoms with E-state index in [9.17, 15) is 0 Å². The van der Waals surface area contributed by atoms with Gasteiger partial charge in [-0.1, -0.05) is 36.8 Å². The summed E-state index contributed by atoms with van der Waals surface area (Å²) in [6.07, 6.45) is 15.6. The summed E-state index contributed by atoms with van der Waals surface area (Å²) in [4.78, 5) is 0. The van der Waals surface area contributed by atoms with E-state index in [4.69, 9.17) is 0 Å². The van der Waals surface area contributed by atoms with E-state index in [1.54, 1.807) is 5.47 Å². The second kappa shape index (κ2) is 5.86. The Balaban J connectivity index is 1.90. The quantitative estimate of drug-likeness (QED) is 0.467. The number of rotatable bonds is 2. The Kier molecular flexibility index (Phi) is 4.15. The van der Waals surface area contributed by atoms with E-state index < -0.39 is 0 Å². The van der Waals surface area contributed by atoms with Crippen LogP contribution in [0.1, 0.15) is 44.9 Å². The summed E-state index contributed by atoms with van der Waals surface area (Å²) in [5.41, 5.74) is 1.57. The van der Waals surface area contributed by atoms with E-state index in [1.807, 2.05) is 6.08 Å². The molecule has 1 heteroatoms. The maximum Gasteiger partial charge on any atom is 0.153 e. The van der Waals surface area contributed by atoms with E-state index >= 15 is 0 Å². The highest BCUT2D eigenvalue weighted by Crippen LogP contribution is 2.24. The summed E-state index contributed by atoms with van der Waals surface area (Å²) >= 11 is 0. The van der Waals surface area contributed by atoms with Gasteiger partial charge in [-0.15, -0.1) is 5.47 Å². The third-order valence-corrected chi connectivity index (χ3v) is 3.12. The molecule has 1 radical (unpaired) electrons. The van der Waals surface area contributed by atoms with Crippen molar-refractivity contribution in [3.63, 3.8) is 0 Å². The summed E-state index contributed by atoms with van der Waals surface area (Å²) in [5, 5.41) is 0. The number of allylic oxidation sites excluding steroid dienone is 4. The van der Waals surface area contributed by atoms with E-state index in [2.05, 4.69) is 31.3 Å². The standard InChI is InChI=1S/C14H18B/c1-2-5-9-13(10-6-3-1)15-14-11-7-4-8-12-14/h6,10-11,13H,2,4-5,7-9,12H2/b10-6-/t13-/m0/s1. The summed E-state index contributed by atoms with van der Waals surface area (Å²) in [7, 11) is 2.46. The van der Waals surface area contributed by atoms with Crippen LogP contribution in [-0.2, 0) is 0 Å². The highest BCUT2D eigenvalue weighted by Gasteiger charge is 2.12. The molecule has 0 heterocycles. The van der Waals surface area contributed by atoms with Crippen LogP contribution in [-0.4, -0.2) is 7.28 Å². The molecule has 0 aromatic rings. The van der Waals surface area contributed by atoms with E-state index in [0.29, 0.717) is 5.82 Å². The van der Waals surface area contributed by atoms with Crippen LogP contribution in [0.25, 0.3) is 0 Å². The van der Waals surface area contributed by atoms with Gasteiger partial charge in [-0.25, -0.2) is 0 Å². The zero-order chi connectivity index (χ0) is 10.3. The summed E-state index contributed by atoms with van der Waals surface area (Å²) in [5.74, 6) is 6.86. The third kappa shape index (κ3) is 3.63. The highest BCUT2D eigenvalue weighted by molar-refractivity contribution is 6.47. The van der Waals surface area contributed by atoms with Crippen molar-refractivity contribution in [2.24, 2.45) is 0 Å². The molecule has 0 bridgehead atoms. The molecule has 2 aliphatic rings. The lowest BCUT2D eigenvalue weighted by atomic mass is 9.55. The molecular formula is C14H18B. The van der Waals surface area contributed by atoms with Crippen molar-refractivity contribution in [3.8, 4) is 11.8 Å². The van der Waals surface area contributed by atoms with Crippen LogP contribution in [0.4, 0.5) is 0 Å². The average Bonchev–Trinajstić information content (AvgIpc) is 2.23. The lowest BCUT2D eigenvalue weighted by Crippen LogP contribution is -2.08. The SMILES string of the molecule is [B](C1=CCCCC1)[C@@H]1/C=C\C#CCCC1. The Labute approximate surface area is 94.1 Å².